The van der Waals surface area contributed by atoms with E-state index in [9.17, 15) is 0 Å². The third-order valence-corrected chi connectivity index (χ3v) is 4.98. The number of halogens is 1. The molecule has 0 spiro atoms. The van der Waals surface area contributed by atoms with Crippen molar-refractivity contribution in [2.24, 2.45) is 0 Å². The zero-order valence-corrected chi connectivity index (χ0v) is 15.5. The molecule has 5 heteroatoms. The molecule has 2 aromatic carbocycles. The lowest BCUT2D eigenvalue weighted by Crippen LogP contribution is -2.15. The van der Waals surface area contributed by atoms with Crippen LogP contribution in [0.2, 0.25) is 0 Å². The number of nitrogens with one attached hydrogen (secondary N) is 1. The van der Waals surface area contributed by atoms with Crippen LogP contribution < -0.4 is 14.8 Å². The third kappa shape index (κ3) is 2.84. The number of aryl methyl sites for hydroxylation is 2. The van der Waals surface area contributed by atoms with Crippen LogP contribution in [0.5, 0.6) is 11.5 Å². The fourth-order valence-corrected chi connectivity index (χ4v) is 3.78. The van der Waals surface area contributed by atoms with E-state index in [0.717, 1.165) is 35.5 Å². The zero-order chi connectivity index (χ0) is 16.8. The second-order valence-corrected chi connectivity index (χ2v) is 6.77. The van der Waals surface area contributed by atoms with Crippen molar-refractivity contribution in [3.05, 3.63) is 53.2 Å². The number of benzene rings is 2. The largest absolute Gasteiger partial charge is 0.486 e. The molecule has 1 N–H and O–H groups in total. The molecule has 0 saturated heterocycles. The van der Waals surface area contributed by atoms with Gasteiger partial charge in [0.05, 0.1) is 11.2 Å². The molecule has 0 radical (unpaired) electrons. The summed E-state index contributed by atoms with van der Waals surface area (Å²) in [4.78, 5) is 4.88. The molecule has 0 fully saturated rings. The van der Waals surface area contributed by atoms with E-state index in [0.29, 0.717) is 13.2 Å². The predicted octanol–water partition coefficient (Wildman–Crippen LogP) is 4.97. The quantitative estimate of drug-likeness (QED) is 0.693. The van der Waals surface area contributed by atoms with Gasteiger partial charge in [-0.15, -0.1) is 12.4 Å². The molecule has 0 saturated carbocycles. The molecule has 1 aromatic heterocycles. The van der Waals surface area contributed by atoms with Gasteiger partial charge in [-0.2, -0.15) is 0 Å². The first-order valence-electron chi connectivity index (χ1n) is 8.87. The number of aromatic nitrogens is 1. The summed E-state index contributed by atoms with van der Waals surface area (Å²) in [5.74, 6) is 1.62. The van der Waals surface area contributed by atoms with Crippen molar-refractivity contribution in [2.45, 2.75) is 26.2 Å². The average Bonchev–Trinajstić information content (AvgIpc) is 3.10. The van der Waals surface area contributed by atoms with Gasteiger partial charge in [-0.25, -0.2) is 0 Å². The summed E-state index contributed by atoms with van der Waals surface area (Å²) >= 11 is 0. The van der Waals surface area contributed by atoms with E-state index in [1.54, 1.807) is 0 Å². The minimum absolute atomic E-state index is 0. The maximum absolute atomic E-state index is 5.72. The molecule has 0 atom stereocenters. The lowest BCUT2D eigenvalue weighted by atomic mass is 10.0. The molecule has 2 aliphatic rings. The standard InChI is InChI=1S/C21H20N2O2.ClH/c1-13-5-7-18-16(11-13)21(15-3-2-4-17(15)23-18)22-14-6-8-19-20(12-14)25-10-9-24-19;/h5-8,11-12H,2-4,9-10H2,1H3,(H,22,23);1H. The Morgan fingerprint density at radius 3 is 2.69 bits per heavy atom. The molecule has 0 bridgehead atoms. The summed E-state index contributed by atoms with van der Waals surface area (Å²) < 4.78 is 11.3. The second kappa shape index (κ2) is 6.69. The zero-order valence-electron chi connectivity index (χ0n) is 14.7. The Labute approximate surface area is 158 Å². The minimum atomic E-state index is 0. The highest BCUT2D eigenvalue weighted by molar-refractivity contribution is 5.96. The van der Waals surface area contributed by atoms with Crippen LogP contribution in [0.3, 0.4) is 0 Å². The Morgan fingerprint density at radius 1 is 0.962 bits per heavy atom. The van der Waals surface area contributed by atoms with Crippen molar-refractivity contribution >= 4 is 34.7 Å². The topological polar surface area (TPSA) is 43.4 Å². The van der Waals surface area contributed by atoms with Gasteiger partial charge in [0.15, 0.2) is 11.5 Å². The summed E-state index contributed by atoms with van der Waals surface area (Å²) in [6.07, 6.45) is 3.32. The Kier molecular flexibility index (Phi) is 4.37. The Hall–Kier alpha value is -2.46. The number of hydrogen-bond donors (Lipinski definition) is 1. The van der Waals surface area contributed by atoms with E-state index >= 15 is 0 Å². The van der Waals surface area contributed by atoms with Gasteiger partial charge >= 0.3 is 0 Å². The van der Waals surface area contributed by atoms with Gasteiger partial charge in [0.1, 0.15) is 13.2 Å². The maximum Gasteiger partial charge on any atom is 0.163 e. The van der Waals surface area contributed by atoms with Crippen LogP contribution in [0.1, 0.15) is 23.2 Å². The van der Waals surface area contributed by atoms with Crippen LogP contribution in [0.25, 0.3) is 10.9 Å². The molecule has 0 amide bonds. The van der Waals surface area contributed by atoms with Crippen LogP contribution in [-0.4, -0.2) is 18.2 Å². The van der Waals surface area contributed by atoms with Crippen LogP contribution >= 0.6 is 12.4 Å². The average molecular weight is 369 g/mol. The van der Waals surface area contributed by atoms with E-state index in [1.807, 2.05) is 12.1 Å². The van der Waals surface area contributed by atoms with Gasteiger partial charge in [-0.3, -0.25) is 4.98 Å². The van der Waals surface area contributed by atoms with E-state index in [2.05, 4.69) is 36.5 Å². The third-order valence-electron chi connectivity index (χ3n) is 4.98. The highest BCUT2D eigenvalue weighted by atomic mass is 35.5. The van der Waals surface area contributed by atoms with Crippen LogP contribution in [0.15, 0.2) is 36.4 Å². The number of pyridine rings is 1. The number of fused-ring (bicyclic) bond motifs is 3. The SMILES string of the molecule is Cc1ccc2nc3c(c(Nc4ccc5c(c4)OCCO5)c2c1)CCC3.Cl. The predicted molar refractivity (Wildman–Crippen MR) is 106 cm³/mol. The van der Waals surface area contributed by atoms with Crippen molar-refractivity contribution in [2.75, 3.05) is 18.5 Å². The number of anilines is 2. The molecule has 5 rings (SSSR count). The highest BCUT2D eigenvalue weighted by Gasteiger charge is 2.20. The Bertz CT molecular complexity index is 987. The van der Waals surface area contributed by atoms with Crippen LogP contribution in [-0.2, 0) is 12.8 Å². The van der Waals surface area contributed by atoms with Gasteiger partial charge in [-0.05, 0) is 56.0 Å². The van der Waals surface area contributed by atoms with E-state index in [4.69, 9.17) is 14.5 Å². The molecule has 0 unspecified atom stereocenters. The Morgan fingerprint density at radius 2 is 1.81 bits per heavy atom. The van der Waals surface area contributed by atoms with Gasteiger partial charge in [0, 0.05) is 22.8 Å². The maximum atomic E-state index is 5.72. The number of hydrogen-bond acceptors (Lipinski definition) is 4. The van der Waals surface area contributed by atoms with Crippen LogP contribution in [0, 0.1) is 6.92 Å². The monoisotopic (exact) mass is 368 g/mol. The smallest absolute Gasteiger partial charge is 0.163 e. The van der Waals surface area contributed by atoms with Gasteiger partial charge in [0.2, 0.25) is 0 Å². The van der Waals surface area contributed by atoms with E-state index in [1.165, 1.54) is 34.3 Å². The van der Waals surface area contributed by atoms with Crippen molar-refractivity contribution in [1.29, 1.82) is 0 Å². The summed E-state index contributed by atoms with van der Waals surface area (Å²) in [7, 11) is 0. The lowest BCUT2D eigenvalue weighted by molar-refractivity contribution is 0.171. The van der Waals surface area contributed by atoms with Gasteiger partial charge in [0.25, 0.3) is 0 Å². The Balaban J connectivity index is 0.00000168. The molecule has 26 heavy (non-hydrogen) atoms. The van der Waals surface area contributed by atoms with E-state index in [-0.39, 0.29) is 12.4 Å². The molecule has 2 heterocycles. The fourth-order valence-electron chi connectivity index (χ4n) is 3.78. The highest BCUT2D eigenvalue weighted by Crippen LogP contribution is 2.38. The molecule has 4 nitrogen and oxygen atoms in total. The molecule has 134 valence electrons. The second-order valence-electron chi connectivity index (χ2n) is 6.77. The molecule has 1 aliphatic heterocycles. The number of rotatable bonds is 2. The van der Waals surface area contributed by atoms with Crippen molar-refractivity contribution in [3.8, 4) is 11.5 Å². The van der Waals surface area contributed by atoms with Crippen molar-refractivity contribution in [3.63, 3.8) is 0 Å². The van der Waals surface area contributed by atoms with Gasteiger partial charge < -0.3 is 14.8 Å². The first kappa shape index (κ1) is 17.0. The summed E-state index contributed by atoms with van der Waals surface area (Å²) in [5, 5.41) is 4.84. The summed E-state index contributed by atoms with van der Waals surface area (Å²) in [6, 6.07) is 12.5. The first-order chi connectivity index (χ1) is 12.3. The van der Waals surface area contributed by atoms with Crippen molar-refractivity contribution in [1.82, 2.24) is 4.98 Å². The molecule has 3 aromatic rings. The molecular formula is C21H21ClN2O2. The summed E-state index contributed by atoms with van der Waals surface area (Å²) in [5.41, 5.74) is 7.11. The normalized spacial score (nSPS) is 14.7. The number of nitrogens with zero attached hydrogens (tertiary/aromatic N) is 1. The van der Waals surface area contributed by atoms with Crippen molar-refractivity contribution < 1.29 is 9.47 Å². The molecule has 1 aliphatic carbocycles. The molecular weight excluding hydrogens is 348 g/mol. The summed E-state index contributed by atoms with van der Waals surface area (Å²) in [6.45, 7) is 3.34. The fraction of sp³-hybridized carbons (Fsp3) is 0.286. The lowest BCUT2D eigenvalue weighted by Gasteiger charge is -2.20. The van der Waals surface area contributed by atoms with Gasteiger partial charge in [-0.1, -0.05) is 11.6 Å². The first-order valence-corrected chi connectivity index (χ1v) is 8.87. The van der Waals surface area contributed by atoms with Crippen LogP contribution in [0.4, 0.5) is 11.4 Å². The minimum Gasteiger partial charge on any atom is -0.486 e. The van der Waals surface area contributed by atoms with E-state index < -0.39 is 0 Å². The number of ether oxygens (including phenoxy) is 2.